The first kappa shape index (κ1) is 20.2. The van der Waals surface area contributed by atoms with Crippen LogP contribution in [0.1, 0.15) is 12.5 Å². The maximum Gasteiger partial charge on any atom is 0.159 e. The first-order chi connectivity index (χ1) is 15.7. The highest BCUT2D eigenvalue weighted by atomic mass is 15.3. The van der Waals surface area contributed by atoms with Gasteiger partial charge < -0.3 is 14.8 Å². The molecule has 32 heavy (non-hydrogen) atoms. The quantitative estimate of drug-likeness (QED) is 0.464. The molecule has 0 atom stereocenters. The van der Waals surface area contributed by atoms with E-state index in [1.165, 1.54) is 0 Å². The number of likely N-dealkylation sites (N-methyl/N-ethyl adjacent to an activating group) is 1. The third-order valence-corrected chi connectivity index (χ3v) is 6.06. The molecule has 5 rings (SSSR count). The number of aromatic nitrogens is 5. The molecule has 0 unspecified atom stereocenters. The number of imidazole rings is 1. The zero-order valence-electron chi connectivity index (χ0n) is 18.5. The van der Waals surface area contributed by atoms with Gasteiger partial charge in [0.1, 0.15) is 11.2 Å². The van der Waals surface area contributed by atoms with Crippen LogP contribution in [0.15, 0.2) is 61.5 Å². The Bertz CT molecular complexity index is 1330. The van der Waals surface area contributed by atoms with Gasteiger partial charge in [0.2, 0.25) is 0 Å². The zero-order chi connectivity index (χ0) is 22.1. The number of pyridine rings is 1. The van der Waals surface area contributed by atoms with Crippen molar-refractivity contribution in [2.45, 2.75) is 6.92 Å². The molecule has 0 aliphatic carbocycles. The summed E-state index contributed by atoms with van der Waals surface area (Å²) in [7, 11) is 2.16. The van der Waals surface area contributed by atoms with Crippen LogP contribution in [0.2, 0.25) is 0 Å². The summed E-state index contributed by atoms with van der Waals surface area (Å²) in [5, 5.41) is 8.76. The van der Waals surface area contributed by atoms with Crippen LogP contribution in [0.5, 0.6) is 0 Å². The number of fused-ring (bicyclic) bond motifs is 2. The van der Waals surface area contributed by atoms with Gasteiger partial charge in [-0.3, -0.25) is 10.1 Å². The molecule has 0 amide bonds. The molecule has 2 N–H and O–H groups in total. The molecule has 0 saturated carbocycles. The number of H-pyrrole nitrogens is 2. The van der Waals surface area contributed by atoms with Gasteiger partial charge in [0.15, 0.2) is 5.82 Å². The summed E-state index contributed by atoms with van der Waals surface area (Å²) in [5.74, 6) is 0.746. The summed E-state index contributed by atoms with van der Waals surface area (Å²) in [6, 6.07) is 6.32. The lowest BCUT2D eigenvalue weighted by Crippen LogP contribution is -2.44. The summed E-state index contributed by atoms with van der Waals surface area (Å²) < 4.78 is 0. The minimum Gasteiger partial charge on any atom is -0.366 e. The molecule has 1 aliphatic rings. The van der Waals surface area contributed by atoms with Gasteiger partial charge >= 0.3 is 0 Å². The smallest absolute Gasteiger partial charge is 0.159 e. The first-order valence-corrected chi connectivity index (χ1v) is 10.9. The van der Waals surface area contributed by atoms with E-state index in [2.05, 4.69) is 73.9 Å². The van der Waals surface area contributed by atoms with Crippen molar-refractivity contribution in [1.29, 1.82) is 0 Å². The number of allylic oxidation sites excluding steroid dienone is 5. The lowest BCUT2D eigenvalue weighted by molar-refractivity contribution is 0.313. The van der Waals surface area contributed by atoms with Crippen LogP contribution in [0.4, 0.5) is 5.69 Å². The fourth-order valence-corrected chi connectivity index (χ4v) is 4.21. The fraction of sp³-hybridized carbons (Fsp3) is 0.240. The normalized spacial score (nSPS) is 15.9. The number of piperazine rings is 1. The van der Waals surface area contributed by atoms with Crippen LogP contribution >= 0.6 is 0 Å². The summed E-state index contributed by atoms with van der Waals surface area (Å²) in [5.41, 5.74) is 6.98. The van der Waals surface area contributed by atoms with Crippen molar-refractivity contribution < 1.29 is 0 Å². The van der Waals surface area contributed by atoms with Crippen LogP contribution < -0.4 is 4.90 Å². The number of rotatable bonds is 5. The molecular formula is C25H27N7. The highest BCUT2D eigenvalue weighted by molar-refractivity contribution is 5.97. The van der Waals surface area contributed by atoms with Gasteiger partial charge in [-0.2, -0.15) is 5.10 Å². The minimum atomic E-state index is 0.746. The van der Waals surface area contributed by atoms with Crippen molar-refractivity contribution in [2.24, 2.45) is 0 Å². The molecule has 7 heteroatoms. The molecule has 4 aromatic rings. The van der Waals surface area contributed by atoms with Gasteiger partial charge in [-0.1, -0.05) is 36.9 Å². The molecule has 7 nitrogen and oxygen atoms in total. The van der Waals surface area contributed by atoms with Crippen LogP contribution in [0.3, 0.4) is 0 Å². The van der Waals surface area contributed by atoms with Gasteiger partial charge in [-0.25, -0.2) is 4.98 Å². The molecule has 4 heterocycles. The van der Waals surface area contributed by atoms with Gasteiger partial charge in [-0.05, 0) is 37.2 Å². The van der Waals surface area contributed by atoms with Crippen molar-refractivity contribution in [3.8, 4) is 11.5 Å². The van der Waals surface area contributed by atoms with Gasteiger partial charge in [0, 0.05) is 31.6 Å². The Morgan fingerprint density at radius 2 is 1.97 bits per heavy atom. The van der Waals surface area contributed by atoms with E-state index in [-0.39, 0.29) is 0 Å². The summed E-state index contributed by atoms with van der Waals surface area (Å²) in [6.07, 6.45) is 11.6. The molecule has 1 aromatic carbocycles. The predicted molar refractivity (Wildman–Crippen MR) is 132 cm³/mol. The predicted octanol–water partition coefficient (Wildman–Crippen LogP) is 4.40. The number of aromatic amines is 2. The van der Waals surface area contributed by atoms with E-state index in [9.17, 15) is 0 Å². The Labute approximate surface area is 187 Å². The van der Waals surface area contributed by atoms with Crippen molar-refractivity contribution >= 4 is 33.2 Å². The highest BCUT2D eigenvalue weighted by Gasteiger charge is 2.20. The standard InChI is InChI=1S/C25H27N7/c1-4-6-7-17(5-2)18-8-9-20-19(14-18)23(30-29-20)25-27-21-15-26-16-22(24(21)28-25)32-12-10-31(3)11-13-32/h4-9,14-16H,1,10-13H2,2-3H3,(H,27,28)(H,29,30)/b7-6-,17-5+. The van der Waals surface area contributed by atoms with Gasteiger partial charge in [-0.15, -0.1) is 0 Å². The Hall–Kier alpha value is -3.71. The van der Waals surface area contributed by atoms with E-state index < -0.39 is 0 Å². The Morgan fingerprint density at radius 3 is 2.75 bits per heavy atom. The maximum absolute atomic E-state index is 4.97. The van der Waals surface area contributed by atoms with Crippen LogP contribution in [-0.4, -0.2) is 63.3 Å². The minimum absolute atomic E-state index is 0.746. The molecule has 162 valence electrons. The highest BCUT2D eigenvalue weighted by Crippen LogP contribution is 2.31. The molecule has 1 saturated heterocycles. The van der Waals surface area contributed by atoms with Gasteiger partial charge in [0.25, 0.3) is 0 Å². The lowest BCUT2D eigenvalue weighted by atomic mass is 10.0. The third-order valence-electron chi connectivity index (χ3n) is 6.06. The van der Waals surface area contributed by atoms with Crippen molar-refractivity contribution in [3.05, 3.63) is 67.0 Å². The number of nitrogens with one attached hydrogen (secondary N) is 2. The average Bonchev–Trinajstić information content (AvgIpc) is 3.43. The number of hydrogen-bond acceptors (Lipinski definition) is 5. The van der Waals surface area contributed by atoms with E-state index >= 15 is 0 Å². The van der Waals surface area contributed by atoms with E-state index in [0.29, 0.717) is 0 Å². The average molecular weight is 426 g/mol. The van der Waals surface area contributed by atoms with E-state index in [1.807, 2.05) is 25.4 Å². The molecule has 1 fully saturated rings. The van der Waals surface area contributed by atoms with E-state index in [1.54, 1.807) is 6.08 Å². The monoisotopic (exact) mass is 425 g/mol. The van der Waals surface area contributed by atoms with Crippen molar-refractivity contribution in [1.82, 2.24) is 30.0 Å². The van der Waals surface area contributed by atoms with Gasteiger partial charge in [0.05, 0.1) is 29.1 Å². The maximum atomic E-state index is 4.97. The SMILES string of the molecule is C=C/C=C\C(=C/C)c1ccc2[nH]nc(-c3nc4c(N5CCN(C)CC5)cncc4[nH]3)c2c1. The Morgan fingerprint density at radius 1 is 1.12 bits per heavy atom. The molecule has 0 bridgehead atoms. The van der Waals surface area contributed by atoms with Crippen LogP contribution in [-0.2, 0) is 0 Å². The molecule has 3 aromatic heterocycles. The van der Waals surface area contributed by atoms with E-state index in [0.717, 1.165) is 76.5 Å². The first-order valence-electron chi connectivity index (χ1n) is 10.9. The van der Waals surface area contributed by atoms with Crippen LogP contribution in [0, 0.1) is 0 Å². The number of nitrogens with zero attached hydrogens (tertiary/aromatic N) is 5. The number of hydrogen-bond donors (Lipinski definition) is 2. The largest absolute Gasteiger partial charge is 0.366 e. The van der Waals surface area contributed by atoms with Crippen molar-refractivity contribution in [3.63, 3.8) is 0 Å². The lowest BCUT2D eigenvalue weighted by Gasteiger charge is -2.33. The van der Waals surface area contributed by atoms with Crippen molar-refractivity contribution in [2.75, 3.05) is 38.1 Å². The molecule has 0 radical (unpaired) electrons. The van der Waals surface area contributed by atoms with Crippen LogP contribution in [0.25, 0.3) is 39.0 Å². The fourth-order valence-electron chi connectivity index (χ4n) is 4.21. The third kappa shape index (κ3) is 3.61. The number of benzene rings is 1. The summed E-state index contributed by atoms with van der Waals surface area (Å²) in [4.78, 5) is 17.6. The number of anilines is 1. The Kier molecular flexibility index (Phi) is 5.33. The second-order valence-electron chi connectivity index (χ2n) is 8.10. The molecule has 0 spiro atoms. The zero-order valence-corrected chi connectivity index (χ0v) is 18.5. The topological polar surface area (TPSA) is 76.7 Å². The molecular weight excluding hydrogens is 398 g/mol. The summed E-state index contributed by atoms with van der Waals surface area (Å²) >= 11 is 0. The summed E-state index contributed by atoms with van der Waals surface area (Å²) in [6.45, 7) is 9.82. The Balaban J connectivity index is 1.57. The van der Waals surface area contributed by atoms with E-state index in [4.69, 9.17) is 4.98 Å². The second-order valence-corrected chi connectivity index (χ2v) is 8.10. The molecule has 1 aliphatic heterocycles. The second kappa shape index (κ2) is 8.43.